The molecule has 43 heavy (non-hydrogen) atoms. The van der Waals surface area contributed by atoms with E-state index in [1.807, 2.05) is 13.1 Å². The molecule has 3 aromatic rings. The van der Waals surface area contributed by atoms with Crippen LogP contribution in [-0.2, 0) is 9.59 Å². The van der Waals surface area contributed by atoms with E-state index in [4.69, 9.17) is 10.5 Å². The molecular formula is C31H32N8O4. The summed E-state index contributed by atoms with van der Waals surface area (Å²) in [4.78, 5) is 55.5. The molecular weight excluding hydrogens is 548 g/mol. The van der Waals surface area contributed by atoms with Gasteiger partial charge >= 0.3 is 0 Å². The van der Waals surface area contributed by atoms with Gasteiger partial charge in [0.2, 0.25) is 11.8 Å². The van der Waals surface area contributed by atoms with Crippen LogP contribution in [0.2, 0.25) is 0 Å². The van der Waals surface area contributed by atoms with Gasteiger partial charge in [-0.3, -0.25) is 39.1 Å². The van der Waals surface area contributed by atoms with Crippen molar-refractivity contribution in [3.8, 4) is 11.3 Å². The second-order valence-electron chi connectivity index (χ2n) is 11.8. The molecule has 2 aliphatic heterocycles. The van der Waals surface area contributed by atoms with Crippen LogP contribution in [0.5, 0.6) is 0 Å². The number of benzene rings is 1. The number of rotatable bonds is 9. The zero-order chi connectivity index (χ0) is 29.8. The van der Waals surface area contributed by atoms with E-state index in [9.17, 15) is 19.2 Å². The van der Waals surface area contributed by atoms with Crippen molar-refractivity contribution in [2.75, 3.05) is 24.2 Å². The van der Waals surface area contributed by atoms with Crippen LogP contribution in [0.1, 0.15) is 82.5 Å². The Kier molecular flexibility index (Phi) is 6.55. The summed E-state index contributed by atoms with van der Waals surface area (Å²) >= 11 is 0. The number of amides is 4. The van der Waals surface area contributed by atoms with Crippen LogP contribution >= 0.6 is 0 Å². The molecule has 12 heteroatoms. The second-order valence-corrected chi connectivity index (χ2v) is 11.8. The Bertz CT molecular complexity index is 1690. The summed E-state index contributed by atoms with van der Waals surface area (Å²) in [5.41, 5.74) is 5.75. The van der Waals surface area contributed by atoms with E-state index in [0.717, 1.165) is 64.5 Å². The lowest BCUT2D eigenvalue weighted by Crippen LogP contribution is -2.54. The number of anilines is 2. The minimum atomic E-state index is -0.976. The molecule has 4 amide bonds. The Labute approximate surface area is 247 Å². The van der Waals surface area contributed by atoms with Crippen LogP contribution in [0.4, 0.5) is 11.4 Å². The van der Waals surface area contributed by atoms with E-state index in [-0.39, 0.29) is 30.0 Å². The zero-order valence-corrected chi connectivity index (χ0v) is 23.7. The number of carbonyl (C=O) groups excluding carboxylic acids is 4. The van der Waals surface area contributed by atoms with Gasteiger partial charge in [-0.1, -0.05) is 0 Å². The summed E-state index contributed by atoms with van der Waals surface area (Å²) in [5, 5.41) is 21.8. The maximum absolute atomic E-state index is 13.1. The highest BCUT2D eigenvalue weighted by Crippen LogP contribution is 2.46. The van der Waals surface area contributed by atoms with E-state index in [1.165, 1.54) is 6.21 Å². The highest BCUT2D eigenvalue weighted by atomic mass is 16.2. The summed E-state index contributed by atoms with van der Waals surface area (Å²) < 4.78 is 2.07. The Hall–Kier alpha value is -4.87. The van der Waals surface area contributed by atoms with E-state index >= 15 is 0 Å². The first-order valence-corrected chi connectivity index (χ1v) is 14.7. The van der Waals surface area contributed by atoms with Crippen molar-refractivity contribution in [2.45, 2.75) is 56.5 Å². The van der Waals surface area contributed by atoms with Crippen molar-refractivity contribution in [1.82, 2.24) is 25.0 Å². The highest BCUT2D eigenvalue weighted by Gasteiger charge is 2.44. The fourth-order valence-electron chi connectivity index (χ4n) is 6.41. The monoisotopic (exact) mass is 580 g/mol. The molecule has 0 bridgehead atoms. The van der Waals surface area contributed by atoms with Gasteiger partial charge in [0.25, 0.3) is 11.8 Å². The Balaban J connectivity index is 1.01. The summed E-state index contributed by atoms with van der Waals surface area (Å²) in [6.07, 6.45) is 9.56. The molecule has 1 aromatic carbocycles. The molecule has 0 radical (unpaired) electrons. The summed E-state index contributed by atoms with van der Waals surface area (Å²) in [6.45, 7) is 0.710. The molecule has 220 valence electrons. The number of piperidine rings is 1. The van der Waals surface area contributed by atoms with Gasteiger partial charge in [-0.15, -0.1) is 0 Å². The van der Waals surface area contributed by atoms with Crippen molar-refractivity contribution in [1.29, 1.82) is 5.41 Å². The minimum absolute atomic E-state index is 0.0893. The molecule has 7 rings (SSSR count). The highest BCUT2D eigenvalue weighted by molar-refractivity contribution is 6.23. The molecule has 0 spiro atoms. The van der Waals surface area contributed by atoms with E-state index in [1.54, 1.807) is 24.4 Å². The number of hydrogen-bond acceptors (Lipinski definition) is 9. The Morgan fingerprint density at radius 2 is 1.84 bits per heavy atom. The number of nitrogens with one attached hydrogen (secondary N) is 4. The molecule has 1 atom stereocenters. The van der Waals surface area contributed by atoms with Crippen LogP contribution in [0.3, 0.4) is 0 Å². The summed E-state index contributed by atoms with van der Waals surface area (Å²) in [5.74, 6) is -1.18. The number of hydrogen-bond donors (Lipinski definition) is 4. The second kappa shape index (κ2) is 10.4. The number of imide groups is 2. The fraction of sp³-hybridized carbons (Fsp3) is 0.387. The number of aromatic nitrogens is 3. The Morgan fingerprint density at radius 3 is 2.56 bits per heavy atom. The molecule has 1 saturated heterocycles. The van der Waals surface area contributed by atoms with Crippen LogP contribution in [0.15, 0.2) is 36.7 Å². The Morgan fingerprint density at radius 1 is 1.05 bits per heavy atom. The summed E-state index contributed by atoms with van der Waals surface area (Å²) in [7, 11) is 1.84. The number of carbonyl (C=O) groups is 4. The van der Waals surface area contributed by atoms with Crippen molar-refractivity contribution < 1.29 is 19.2 Å². The maximum Gasteiger partial charge on any atom is 0.262 e. The lowest BCUT2D eigenvalue weighted by molar-refractivity contribution is -0.136. The average molecular weight is 581 g/mol. The van der Waals surface area contributed by atoms with Crippen LogP contribution in [-0.4, -0.2) is 69.1 Å². The number of fused-ring (bicyclic) bond motifs is 1. The molecule has 1 unspecified atom stereocenters. The third kappa shape index (κ3) is 4.66. The van der Waals surface area contributed by atoms with Crippen LogP contribution in [0, 0.1) is 11.3 Å². The topological polar surface area (TPSA) is 162 Å². The van der Waals surface area contributed by atoms with Crippen molar-refractivity contribution >= 4 is 41.2 Å². The van der Waals surface area contributed by atoms with Gasteiger partial charge in [0, 0.05) is 67.0 Å². The molecule has 2 aliphatic carbocycles. The van der Waals surface area contributed by atoms with Crippen LogP contribution in [0.25, 0.3) is 11.3 Å². The summed E-state index contributed by atoms with van der Waals surface area (Å²) in [6, 6.07) is 6.25. The molecule has 4 heterocycles. The largest absolute Gasteiger partial charge is 0.387 e. The van der Waals surface area contributed by atoms with Crippen LogP contribution < -0.4 is 16.0 Å². The van der Waals surface area contributed by atoms with E-state index in [0.29, 0.717) is 18.4 Å². The van der Waals surface area contributed by atoms with Crippen molar-refractivity contribution in [3.05, 3.63) is 59.0 Å². The maximum atomic E-state index is 13.1. The molecule has 4 N–H and O–H groups in total. The van der Waals surface area contributed by atoms with Crippen molar-refractivity contribution in [3.63, 3.8) is 0 Å². The molecule has 3 fully saturated rings. The molecule has 4 aliphatic rings. The first kappa shape index (κ1) is 27.0. The van der Waals surface area contributed by atoms with E-state index < -0.39 is 29.7 Å². The fourth-order valence-corrected chi connectivity index (χ4v) is 6.41. The van der Waals surface area contributed by atoms with Gasteiger partial charge in [0.05, 0.1) is 28.6 Å². The predicted octanol–water partition coefficient (Wildman–Crippen LogP) is 3.33. The van der Waals surface area contributed by atoms with Gasteiger partial charge in [-0.2, -0.15) is 5.10 Å². The predicted molar refractivity (Wildman–Crippen MR) is 158 cm³/mol. The first-order valence-electron chi connectivity index (χ1n) is 14.7. The van der Waals surface area contributed by atoms with Gasteiger partial charge < -0.3 is 16.0 Å². The lowest BCUT2D eigenvalue weighted by atomic mass is 9.80. The molecule has 2 aromatic heterocycles. The van der Waals surface area contributed by atoms with E-state index in [2.05, 4.69) is 31.8 Å². The van der Waals surface area contributed by atoms with Gasteiger partial charge in [-0.05, 0) is 62.3 Å². The zero-order valence-electron chi connectivity index (χ0n) is 23.7. The normalized spacial score (nSPS) is 23.1. The third-order valence-electron chi connectivity index (χ3n) is 9.00. The number of pyridine rings is 1. The average Bonchev–Trinajstić information content (AvgIpc) is 3.70. The molecule has 12 nitrogen and oxygen atoms in total. The number of nitrogens with zero attached hydrogens (tertiary/aromatic N) is 4. The SMILES string of the molecule is CNc1ccnc(-c2cn(C3CC(CNc4ccc5c(c4)C(=O)N(C4CCC(=O)NC4=O)C5=O)C3)nc2C2CC2)c1C=N. The first-order chi connectivity index (χ1) is 20.9. The third-order valence-corrected chi connectivity index (χ3v) is 9.00. The smallest absolute Gasteiger partial charge is 0.262 e. The van der Waals surface area contributed by atoms with Gasteiger partial charge in [0.1, 0.15) is 6.04 Å². The minimum Gasteiger partial charge on any atom is -0.387 e. The lowest BCUT2D eigenvalue weighted by Gasteiger charge is -2.35. The quantitative estimate of drug-likeness (QED) is 0.221. The molecule has 2 saturated carbocycles. The van der Waals surface area contributed by atoms with Crippen molar-refractivity contribution in [2.24, 2.45) is 5.92 Å². The van der Waals surface area contributed by atoms with Gasteiger partial charge in [-0.25, -0.2) is 0 Å². The standard InChI is InChI=1S/C31H32N8O4/c1-33-24-8-9-34-28(22(24)13-32)23-15-38(37-27(23)17-2-3-17)19-10-16(11-19)14-35-18-4-5-20-21(12-18)31(43)39(30(20)42)25-6-7-26(40)36-29(25)41/h4-5,8-9,12-13,15-17,19,25,32,35H,2-3,6-7,10-11,14H2,1H3,(H,33,34)(H,36,40,41). The van der Waals surface area contributed by atoms with Gasteiger partial charge in [0.15, 0.2) is 0 Å².